The highest BCUT2D eigenvalue weighted by molar-refractivity contribution is 7.26. The normalized spacial score (nSPS) is 11.2. The maximum Gasteiger partial charge on any atom is 0.103 e. The Bertz CT molecular complexity index is 1790. The topological polar surface area (TPSA) is 85.6 Å². The summed E-state index contributed by atoms with van der Waals surface area (Å²) in [5.41, 5.74) is 9.68. The zero-order valence-corrected chi connectivity index (χ0v) is 18.3. The summed E-state index contributed by atoms with van der Waals surface area (Å²) >= 11 is 3.26. The molecule has 0 aliphatic heterocycles. The van der Waals surface area contributed by atoms with Gasteiger partial charge in [0.1, 0.15) is 6.07 Å². The van der Waals surface area contributed by atoms with Gasteiger partial charge < -0.3 is 11.1 Å². The van der Waals surface area contributed by atoms with E-state index < -0.39 is 0 Å². The SMILES string of the molecule is N#Cc1ccc2c(c1)sc1cc(Nc3ccc4c(sc5cc(N)ccc54)c3C#N)ccc12. The number of nitriles is 2. The largest absolute Gasteiger partial charge is 0.399 e. The number of nitrogens with two attached hydrogens (primary N) is 1. The minimum Gasteiger partial charge on any atom is -0.399 e. The minimum absolute atomic E-state index is 0.636. The molecule has 0 amide bonds. The first-order valence-corrected chi connectivity index (χ1v) is 11.6. The van der Waals surface area contributed by atoms with E-state index in [1.54, 1.807) is 22.7 Å². The van der Waals surface area contributed by atoms with Crippen LogP contribution in [0.5, 0.6) is 0 Å². The Kier molecular flexibility index (Phi) is 4.06. The van der Waals surface area contributed by atoms with E-state index in [9.17, 15) is 10.5 Å². The van der Waals surface area contributed by atoms with Gasteiger partial charge in [0.25, 0.3) is 0 Å². The highest BCUT2D eigenvalue weighted by atomic mass is 32.1. The van der Waals surface area contributed by atoms with Gasteiger partial charge in [-0.05, 0) is 42.5 Å². The third-order valence-electron chi connectivity index (χ3n) is 5.66. The Labute approximate surface area is 191 Å². The Morgan fingerprint density at radius 1 is 0.688 bits per heavy atom. The second-order valence-corrected chi connectivity index (χ2v) is 9.73. The lowest BCUT2D eigenvalue weighted by molar-refractivity contribution is 1.49. The van der Waals surface area contributed by atoms with Gasteiger partial charge >= 0.3 is 0 Å². The predicted octanol–water partition coefficient (Wildman–Crippen LogP) is 7.49. The van der Waals surface area contributed by atoms with E-state index in [2.05, 4.69) is 35.7 Å². The standard InChI is InChI=1S/C26H14N4S2/c27-12-14-1-4-17-18-6-3-16(11-25(18)31-23(17)9-14)30-22-8-7-20-19-5-2-15(29)10-24(19)32-26(20)21(22)13-28/h1-11,30H,29H2. The van der Waals surface area contributed by atoms with Crippen LogP contribution in [0.4, 0.5) is 17.1 Å². The van der Waals surface area contributed by atoms with Crippen molar-refractivity contribution in [2.75, 3.05) is 11.1 Å². The molecule has 0 bridgehead atoms. The van der Waals surface area contributed by atoms with Crippen LogP contribution in [0.25, 0.3) is 40.3 Å². The fraction of sp³-hybridized carbons (Fsp3) is 0. The summed E-state index contributed by atoms with van der Waals surface area (Å²) in [5.74, 6) is 0. The van der Waals surface area contributed by atoms with Gasteiger partial charge in [0.2, 0.25) is 0 Å². The molecule has 0 radical (unpaired) electrons. The van der Waals surface area contributed by atoms with Crippen molar-refractivity contribution in [3.05, 3.63) is 77.9 Å². The number of nitrogens with one attached hydrogen (secondary N) is 1. The van der Waals surface area contributed by atoms with Crippen LogP contribution in [0.15, 0.2) is 66.7 Å². The van der Waals surface area contributed by atoms with Crippen LogP contribution in [0.2, 0.25) is 0 Å². The van der Waals surface area contributed by atoms with Crippen LogP contribution in [-0.4, -0.2) is 0 Å². The van der Waals surface area contributed by atoms with E-state index in [0.717, 1.165) is 57.4 Å². The zero-order chi connectivity index (χ0) is 21.8. The molecule has 2 heterocycles. The molecule has 0 saturated carbocycles. The number of hydrogen-bond donors (Lipinski definition) is 2. The van der Waals surface area contributed by atoms with Gasteiger partial charge in [-0.3, -0.25) is 0 Å². The first-order chi connectivity index (χ1) is 15.6. The van der Waals surface area contributed by atoms with Crippen molar-refractivity contribution in [1.29, 1.82) is 10.5 Å². The second-order valence-electron chi connectivity index (χ2n) is 7.60. The van der Waals surface area contributed by atoms with Crippen molar-refractivity contribution in [3.63, 3.8) is 0 Å². The summed E-state index contributed by atoms with van der Waals surface area (Å²) in [6, 6.07) is 26.5. The maximum absolute atomic E-state index is 9.96. The van der Waals surface area contributed by atoms with Crippen LogP contribution in [0, 0.1) is 22.7 Å². The number of rotatable bonds is 2. The van der Waals surface area contributed by atoms with Gasteiger partial charge in [0.05, 0.1) is 27.6 Å². The van der Waals surface area contributed by atoms with Gasteiger partial charge in [-0.1, -0.05) is 24.3 Å². The van der Waals surface area contributed by atoms with Crippen LogP contribution in [0.3, 0.4) is 0 Å². The molecule has 3 N–H and O–H groups in total. The molecule has 0 aliphatic rings. The molecule has 0 saturated heterocycles. The van der Waals surface area contributed by atoms with E-state index in [1.807, 2.05) is 48.5 Å². The number of anilines is 3. The first kappa shape index (κ1) is 18.7. The third kappa shape index (κ3) is 2.79. The molecule has 6 rings (SSSR count). The van der Waals surface area contributed by atoms with Gasteiger partial charge in [-0.25, -0.2) is 0 Å². The average molecular weight is 447 g/mol. The van der Waals surface area contributed by atoms with Crippen molar-refractivity contribution in [2.24, 2.45) is 0 Å². The Morgan fingerprint density at radius 2 is 1.38 bits per heavy atom. The molecule has 2 aromatic heterocycles. The Hall–Kier alpha value is -4.10. The molecule has 0 fully saturated rings. The fourth-order valence-corrected chi connectivity index (χ4v) is 6.58. The molecule has 0 aliphatic carbocycles. The van der Waals surface area contributed by atoms with E-state index >= 15 is 0 Å². The lowest BCUT2D eigenvalue weighted by atomic mass is 10.1. The quantitative estimate of drug-likeness (QED) is 0.270. The van der Waals surface area contributed by atoms with Crippen molar-refractivity contribution < 1.29 is 0 Å². The molecule has 0 unspecified atom stereocenters. The number of benzene rings is 4. The van der Waals surface area contributed by atoms with Crippen LogP contribution < -0.4 is 11.1 Å². The molecule has 4 aromatic carbocycles. The first-order valence-electron chi connectivity index (χ1n) is 9.93. The molecule has 150 valence electrons. The summed E-state index contributed by atoms with van der Waals surface area (Å²) in [6.45, 7) is 0. The number of nitrogens with zero attached hydrogens (tertiary/aromatic N) is 2. The van der Waals surface area contributed by atoms with Gasteiger partial charge in [-0.2, -0.15) is 10.5 Å². The molecular formula is C26H14N4S2. The van der Waals surface area contributed by atoms with Crippen molar-refractivity contribution in [2.45, 2.75) is 0 Å². The number of thiophene rings is 2. The maximum atomic E-state index is 9.96. The summed E-state index contributed by atoms with van der Waals surface area (Å²) in [4.78, 5) is 0. The molecule has 4 nitrogen and oxygen atoms in total. The Balaban J connectivity index is 1.46. The highest BCUT2D eigenvalue weighted by Gasteiger charge is 2.14. The van der Waals surface area contributed by atoms with Crippen LogP contribution in [-0.2, 0) is 0 Å². The average Bonchev–Trinajstić information content (AvgIpc) is 3.35. The smallest absolute Gasteiger partial charge is 0.103 e. The van der Waals surface area contributed by atoms with E-state index in [4.69, 9.17) is 5.73 Å². The summed E-state index contributed by atoms with van der Waals surface area (Å²) in [7, 11) is 0. The lowest BCUT2D eigenvalue weighted by Gasteiger charge is -2.09. The summed E-state index contributed by atoms with van der Waals surface area (Å²) < 4.78 is 4.28. The minimum atomic E-state index is 0.636. The molecule has 32 heavy (non-hydrogen) atoms. The third-order valence-corrected chi connectivity index (χ3v) is 7.96. The van der Waals surface area contributed by atoms with Crippen molar-refractivity contribution in [3.8, 4) is 12.1 Å². The predicted molar refractivity (Wildman–Crippen MR) is 136 cm³/mol. The molecular weight excluding hydrogens is 432 g/mol. The van der Waals surface area contributed by atoms with Crippen molar-refractivity contribution in [1.82, 2.24) is 0 Å². The van der Waals surface area contributed by atoms with Crippen LogP contribution >= 0.6 is 22.7 Å². The molecule has 0 atom stereocenters. The zero-order valence-electron chi connectivity index (χ0n) is 16.6. The number of nitrogen functional groups attached to an aromatic ring is 1. The van der Waals surface area contributed by atoms with Gasteiger partial charge in [0.15, 0.2) is 0 Å². The monoisotopic (exact) mass is 446 g/mol. The van der Waals surface area contributed by atoms with Crippen LogP contribution in [0.1, 0.15) is 11.1 Å². The molecule has 0 spiro atoms. The van der Waals surface area contributed by atoms with Crippen molar-refractivity contribution >= 4 is 80.1 Å². The number of fused-ring (bicyclic) bond motifs is 6. The molecule has 6 aromatic rings. The van der Waals surface area contributed by atoms with Gasteiger partial charge in [0, 0.05) is 47.0 Å². The fourth-order valence-electron chi connectivity index (χ4n) is 4.15. The summed E-state index contributed by atoms with van der Waals surface area (Å²) in [5, 5.41) is 27.1. The second kappa shape index (κ2) is 6.96. The Morgan fingerprint density at radius 3 is 2.19 bits per heavy atom. The number of hydrogen-bond acceptors (Lipinski definition) is 6. The lowest BCUT2D eigenvalue weighted by Crippen LogP contribution is -1.93. The highest BCUT2D eigenvalue weighted by Crippen LogP contribution is 2.41. The summed E-state index contributed by atoms with van der Waals surface area (Å²) in [6.07, 6.45) is 0. The van der Waals surface area contributed by atoms with E-state index in [0.29, 0.717) is 11.1 Å². The van der Waals surface area contributed by atoms with Gasteiger partial charge in [-0.15, -0.1) is 22.7 Å². The van der Waals surface area contributed by atoms with E-state index in [-0.39, 0.29) is 0 Å². The molecule has 6 heteroatoms. The van der Waals surface area contributed by atoms with E-state index in [1.165, 1.54) is 0 Å².